The van der Waals surface area contributed by atoms with Gasteiger partial charge in [-0.2, -0.15) is 0 Å². The summed E-state index contributed by atoms with van der Waals surface area (Å²) in [6, 6.07) is 14.3. The van der Waals surface area contributed by atoms with Gasteiger partial charge in [0, 0.05) is 49.7 Å². The molecule has 2 aromatic heterocycles. The third kappa shape index (κ3) is 4.75. The molecule has 5 nitrogen and oxygen atoms in total. The normalized spacial score (nSPS) is 18.5. The highest BCUT2D eigenvalue weighted by molar-refractivity contribution is 14.1. The second-order valence-electron chi connectivity index (χ2n) is 9.38. The minimum atomic E-state index is -0.0352. The Labute approximate surface area is 221 Å². The lowest BCUT2D eigenvalue weighted by atomic mass is 9.81. The summed E-state index contributed by atoms with van der Waals surface area (Å²) >= 11 is 5.89. The van der Waals surface area contributed by atoms with Gasteiger partial charge in [-0.25, -0.2) is 4.98 Å². The Hall–Kier alpha value is -1.97. The van der Waals surface area contributed by atoms with Crippen molar-refractivity contribution in [2.24, 2.45) is 24.6 Å². The molecule has 1 aliphatic carbocycles. The van der Waals surface area contributed by atoms with E-state index in [-0.39, 0.29) is 5.91 Å². The van der Waals surface area contributed by atoms with Gasteiger partial charge in [0.05, 0.1) is 16.8 Å². The average molecular weight is 631 g/mol. The van der Waals surface area contributed by atoms with E-state index in [1.165, 1.54) is 12.8 Å². The first-order valence-corrected chi connectivity index (χ1v) is 13.6. The number of aryl methyl sites for hydroxylation is 1. The predicted octanol–water partition coefficient (Wildman–Crippen LogP) is 6.26. The fourth-order valence-electron chi connectivity index (χ4n) is 5.23. The summed E-state index contributed by atoms with van der Waals surface area (Å²) < 4.78 is 4.21. The molecule has 0 bridgehead atoms. The van der Waals surface area contributed by atoms with Gasteiger partial charge in [-0.15, -0.1) is 0 Å². The van der Waals surface area contributed by atoms with E-state index in [4.69, 9.17) is 10.7 Å². The van der Waals surface area contributed by atoms with E-state index >= 15 is 0 Å². The molecule has 0 aliphatic heterocycles. The second kappa shape index (κ2) is 9.95. The lowest BCUT2D eigenvalue weighted by molar-refractivity contribution is 0.0942. The number of carbonyl (C=O) groups is 1. The number of hydrogen-bond acceptors (Lipinski definition) is 3. The smallest absolute Gasteiger partial charge is 0.252 e. The Bertz CT molecular complexity index is 1380. The molecule has 1 fully saturated rings. The second-order valence-corrected chi connectivity index (χ2v) is 11.5. The maximum Gasteiger partial charge on any atom is 0.252 e. The van der Waals surface area contributed by atoms with Crippen LogP contribution in [0.2, 0.25) is 0 Å². The van der Waals surface area contributed by atoms with Crippen LogP contribution in [0.3, 0.4) is 0 Å². The first-order valence-electron chi connectivity index (χ1n) is 11.8. The minimum absolute atomic E-state index is 0.0352. The lowest BCUT2D eigenvalue weighted by Crippen LogP contribution is -2.33. The van der Waals surface area contributed by atoms with Crippen LogP contribution >= 0.6 is 38.5 Å². The van der Waals surface area contributed by atoms with Crippen molar-refractivity contribution in [2.75, 3.05) is 13.1 Å². The summed E-state index contributed by atoms with van der Waals surface area (Å²) in [7, 11) is 2.04. The van der Waals surface area contributed by atoms with Crippen LogP contribution in [0, 0.1) is 15.4 Å². The van der Waals surface area contributed by atoms with Gasteiger partial charge in [-0.05, 0) is 103 Å². The topological polar surface area (TPSA) is 72.9 Å². The zero-order valence-corrected chi connectivity index (χ0v) is 22.9. The van der Waals surface area contributed by atoms with E-state index in [9.17, 15) is 4.79 Å². The molecule has 1 amide bonds. The van der Waals surface area contributed by atoms with Crippen LogP contribution in [-0.4, -0.2) is 28.5 Å². The molecule has 5 rings (SSSR count). The first kappa shape index (κ1) is 23.8. The van der Waals surface area contributed by atoms with Crippen LogP contribution in [0.25, 0.3) is 33.1 Å². The molecule has 2 unspecified atom stereocenters. The minimum Gasteiger partial charge on any atom is -0.352 e. The van der Waals surface area contributed by atoms with Gasteiger partial charge in [0.1, 0.15) is 0 Å². The summed E-state index contributed by atoms with van der Waals surface area (Å²) in [6.07, 6.45) is 6.75. The van der Waals surface area contributed by atoms with Gasteiger partial charge in [0.25, 0.3) is 5.91 Å². The van der Waals surface area contributed by atoms with Gasteiger partial charge in [-0.3, -0.25) is 4.79 Å². The number of rotatable bonds is 5. The molecule has 2 heterocycles. The number of hydrogen-bond donors (Lipinski definition) is 2. The molecule has 0 radical (unpaired) electrons. The number of nitrogens with one attached hydrogen (secondary N) is 1. The van der Waals surface area contributed by atoms with Crippen LogP contribution in [0.4, 0.5) is 0 Å². The molecule has 7 heteroatoms. The largest absolute Gasteiger partial charge is 0.352 e. The molecular weight excluding hydrogens is 603 g/mol. The van der Waals surface area contributed by atoms with Gasteiger partial charge in [-0.1, -0.05) is 22.4 Å². The Morgan fingerprint density at radius 1 is 1.18 bits per heavy atom. The van der Waals surface area contributed by atoms with E-state index in [1.807, 2.05) is 37.4 Å². The highest BCUT2D eigenvalue weighted by atomic mass is 127. The first-order chi connectivity index (χ1) is 16.4. The number of aromatic nitrogens is 2. The van der Waals surface area contributed by atoms with Gasteiger partial charge >= 0.3 is 0 Å². The Morgan fingerprint density at radius 3 is 2.82 bits per heavy atom. The molecule has 1 saturated carbocycles. The van der Waals surface area contributed by atoms with Crippen molar-refractivity contribution in [1.82, 2.24) is 14.9 Å². The van der Waals surface area contributed by atoms with Crippen LogP contribution in [0.1, 0.15) is 36.0 Å². The highest BCUT2D eigenvalue weighted by Crippen LogP contribution is 2.34. The molecule has 176 valence electrons. The van der Waals surface area contributed by atoms with E-state index in [1.54, 1.807) is 0 Å². The van der Waals surface area contributed by atoms with Crippen molar-refractivity contribution in [3.05, 3.63) is 62.3 Å². The Morgan fingerprint density at radius 2 is 2.00 bits per heavy atom. The van der Waals surface area contributed by atoms with E-state index in [2.05, 4.69) is 66.7 Å². The van der Waals surface area contributed by atoms with Crippen LogP contribution < -0.4 is 11.1 Å². The Balaban J connectivity index is 1.53. The van der Waals surface area contributed by atoms with Gasteiger partial charge in [0.2, 0.25) is 0 Å². The van der Waals surface area contributed by atoms with Crippen LogP contribution in [0.5, 0.6) is 0 Å². The summed E-state index contributed by atoms with van der Waals surface area (Å²) in [5.41, 5.74) is 10.4. The van der Waals surface area contributed by atoms with E-state index < -0.39 is 0 Å². The summed E-state index contributed by atoms with van der Waals surface area (Å²) in [4.78, 5) is 18.5. The maximum absolute atomic E-state index is 13.5. The van der Waals surface area contributed by atoms with E-state index in [0.717, 1.165) is 60.5 Å². The molecule has 2 aromatic carbocycles. The number of benzene rings is 2. The van der Waals surface area contributed by atoms with Gasteiger partial charge in [0.15, 0.2) is 0 Å². The van der Waals surface area contributed by atoms with E-state index in [0.29, 0.717) is 23.9 Å². The molecule has 1 aliphatic rings. The quantitative estimate of drug-likeness (QED) is 0.256. The molecule has 34 heavy (non-hydrogen) atoms. The Kier molecular flexibility index (Phi) is 6.95. The van der Waals surface area contributed by atoms with Crippen LogP contribution in [0.15, 0.2) is 53.1 Å². The molecule has 4 aromatic rings. The summed E-state index contributed by atoms with van der Waals surface area (Å²) in [5.74, 6) is 1.04. The number of nitrogens with zero attached hydrogens (tertiary/aromatic N) is 2. The van der Waals surface area contributed by atoms with Crippen molar-refractivity contribution >= 4 is 66.2 Å². The summed E-state index contributed by atoms with van der Waals surface area (Å²) in [6.45, 7) is 1.43. The lowest BCUT2D eigenvalue weighted by Gasteiger charge is -2.28. The van der Waals surface area contributed by atoms with Crippen molar-refractivity contribution in [1.29, 1.82) is 0 Å². The molecule has 3 N–H and O–H groups in total. The molecule has 0 spiro atoms. The summed E-state index contributed by atoms with van der Waals surface area (Å²) in [5, 5.41) is 5.23. The average Bonchev–Trinajstić information content (AvgIpc) is 3.17. The fraction of sp³-hybridized carbons (Fsp3) is 0.333. The zero-order chi connectivity index (χ0) is 23.8. The van der Waals surface area contributed by atoms with Crippen molar-refractivity contribution in [3.8, 4) is 11.3 Å². The van der Waals surface area contributed by atoms with Crippen molar-refractivity contribution in [3.63, 3.8) is 0 Å². The van der Waals surface area contributed by atoms with Crippen LogP contribution in [-0.2, 0) is 7.05 Å². The number of amides is 1. The number of fused-ring (bicyclic) bond motifs is 2. The van der Waals surface area contributed by atoms with Gasteiger partial charge < -0.3 is 15.6 Å². The maximum atomic E-state index is 13.5. The number of halogens is 2. The highest BCUT2D eigenvalue weighted by Gasteiger charge is 2.23. The number of carbonyl (C=O) groups excluding carboxylic acids is 1. The molecular formula is C27H28BrIN4O. The third-order valence-corrected chi connectivity index (χ3v) is 8.18. The molecule has 2 atom stereocenters. The zero-order valence-electron chi connectivity index (χ0n) is 19.2. The fourth-order valence-corrected chi connectivity index (χ4v) is 6.08. The predicted molar refractivity (Wildman–Crippen MR) is 151 cm³/mol. The standard InChI is InChI=1S/C27H28BrIN4O/c1-33-15-23(21-10-18(28)5-8-26(21)33)25-12-22(20-11-19(29)6-7-24(20)32-25)27(34)31-14-17-4-2-3-16(9-17)13-30/h5-8,10-12,15-17H,2-4,9,13-14,30H2,1H3,(H,31,34). The van der Waals surface area contributed by atoms with Crippen molar-refractivity contribution in [2.45, 2.75) is 25.7 Å². The third-order valence-electron chi connectivity index (χ3n) is 7.02. The molecule has 0 saturated heterocycles. The SMILES string of the molecule is Cn1cc(-c2cc(C(=O)NCC3CCCC(CN)C3)c3cc(I)ccc3n2)c2cc(Br)ccc21. The van der Waals surface area contributed by atoms with Crippen molar-refractivity contribution < 1.29 is 4.79 Å². The number of nitrogens with two attached hydrogens (primary N) is 1. The monoisotopic (exact) mass is 630 g/mol. The number of pyridine rings is 1.